The molecule has 0 N–H and O–H groups in total. The Labute approximate surface area is 245 Å². The van der Waals surface area contributed by atoms with Crippen molar-refractivity contribution in [3.05, 3.63) is 35.5 Å². The number of hydrogen-bond donors (Lipinski definition) is 0. The molecule has 42 heavy (non-hydrogen) atoms. The second-order valence-electron chi connectivity index (χ2n) is 12.4. The van der Waals surface area contributed by atoms with Crippen LogP contribution in [0.1, 0.15) is 86.5 Å². The maximum absolute atomic E-state index is 12.7. The van der Waals surface area contributed by atoms with E-state index in [4.69, 9.17) is 14.2 Å². The van der Waals surface area contributed by atoms with Crippen LogP contribution in [-0.2, 0) is 47.7 Å². The van der Waals surface area contributed by atoms with Gasteiger partial charge in [-0.05, 0) is 55.9 Å². The third-order valence-electron chi connectivity index (χ3n) is 9.87. The third-order valence-corrected chi connectivity index (χ3v) is 9.87. The molecule has 0 aromatic carbocycles. The monoisotopic (exact) mass is 584 g/mol. The van der Waals surface area contributed by atoms with Gasteiger partial charge < -0.3 is 18.9 Å². The molecule has 0 amide bonds. The highest BCUT2D eigenvalue weighted by atomic mass is 16.6. The summed E-state index contributed by atoms with van der Waals surface area (Å²) in [5.74, 6) is -2.21. The standard InChI is InChI=1S/C28H38O7.C4H2O3/c1-7-25(32)34-20-12-13-27(6)19(14-20)8-9-23-22-11-10-21(16(2)29)26(22,5)15-24(33-17(3)30)28(23,27)35-18(4)31;5-3-1-2-4(6)7-3/h8-9,20-22,24H,7,10-15H2,1-6H3;1-2H/t20?,21-,22+,24?,26-,27+,28+;/m1./s1. The normalized spacial score (nSPS) is 36.0. The van der Waals surface area contributed by atoms with Gasteiger partial charge in [0.05, 0.1) is 0 Å². The molecule has 5 aliphatic rings. The minimum absolute atomic E-state index is 0.0350. The molecule has 1 heterocycles. The van der Waals surface area contributed by atoms with Crippen molar-refractivity contribution in [3.63, 3.8) is 0 Å². The van der Waals surface area contributed by atoms with Gasteiger partial charge in [0.1, 0.15) is 18.0 Å². The zero-order valence-corrected chi connectivity index (χ0v) is 25.2. The van der Waals surface area contributed by atoms with Crippen molar-refractivity contribution in [2.75, 3.05) is 0 Å². The van der Waals surface area contributed by atoms with E-state index in [2.05, 4.69) is 24.7 Å². The molecular formula is C32H40O10. The van der Waals surface area contributed by atoms with E-state index in [0.29, 0.717) is 32.1 Å². The number of allylic oxidation sites excluding steroid dienone is 2. The molecule has 0 spiro atoms. The average molecular weight is 585 g/mol. The maximum atomic E-state index is 12.7. The Bertz CT molecular complexity index is 1270. The molecule has 3 saturated carbocycles. The number of fused-ring (bicyclic) bond motifs is 5. The Hall–Kier alpha value is -3.56. The highest BCUT2D eigenvalue weighted by Gasteiger charge is 2.71. The molecule has 4 aliphatic carbocycles. The van der Waals surface area contributed by atoms with Crippen molar-refractivity contribution in [1.82, 2.24) is 0 Å². The topological polar surface area (TPSA) is 139 Å². The van der Waals surface area contributed by atoms with Crippen LogP contribution >= 0.6 is 0 Å². The van der Waals surface area contributed by atoms with Gasteiger partial charge >= 0.3 is 29.8 Å². The molecule has 7 atom stereocenters. The number of Topliss-reactive ketones (excluding diaryl/α,β-unsaturated/α-hetero) is 1. The minimum atomic E-state index is -1.16. The van der Waals surface area contributed by atoms with E-state index < -0.39 is 46.4 Å². The number of rotatable bonds is 5. The van der Waals surface area contributed by atoms with Gasteiger partial charge in [-0.1, -0.05) is 38.5 Å². The smallest absolute Gasteiger partial charge is 0.338 e. The van der Waals surface area contributed by atoms with E-state index in [1.807, 2.05) is 6.08 Å². The van der Waals surface area contributed by atoms with Crippen LogP contribution in [0.5, 0.6) is 0 Å². The summed E-state index contributed by atoms with van der Waals surface area (Å²) in [6.45, 7) is 10.4. The van der Waals surface area contributed by atoms with Crippen LogP contribution in [-0.4, -0.2) is 53.4 Å². The molecule has 0 aromatic rings. The van der Waals surface area contributed by atoms with Gasteiger partial charge in [0.15, 0.2) is 5.60 Å². The van der Waals surface area contributed by atoms with Crippen LogP contribution in [0, 0.1) is 22.7 Å². The van der Waals surface area contributed by atoms with E-state index in [9.17, 15) is 28.8 Å². The number of hydrogen-bond acceptors (Lipinski definition) is 10. The summed E-state index contributed by atoms with van der Waals surface area (Å²) in [6, 6.07) is 0. The summed E-state index contributed by atoms with van der Waals surface area (Å²) in [7, 11) is 0. The van der Waals surface area contributed by atoms with E-state index in [1.54, 1.807) is 13.8 Å². The van der Waals surface area contributed by atoms with Crippen molar-refractivity contribution in [3.8, 4) is 0 Å². The fourth-order valence-corrected chi connectivity index (χ4v) is 8.11. The van der Waals surface area contributed by atoms with Gasteiger partial charge in [-0.25, -0.2) is 9.59 Å². The molecule has 10 heteroatoms. The lowest BCUT2D eigenvalue weighted by molar-refractivity contribution is -0.216. The number of esters is 5. The SMILES string of the molecule is CCC(=O)OC1CC[C@@]2(C)C(=CC=C3[C@@H]4CC[C@H](C(C)=O)[C@@]4(C)CC(OC(C)=O)[C@@]32OC(C)=O)C1.O=C1C=CC(=O)O1. The van der Waals surface area contributed by atoms with Crippen molar-refractivity contribution in [1.29, 1.82) is 0 Å². The van der Waals surface area contributed by atoms with Gasteiger partial charge in [-0.3, -0.25) is 19.2 Å². The fourth-order valence-electron chi connectivity index (χ4n) is 8.11. The van der Waals surface area contributed by atoms with Crippen LogP contribution in [0.3, 0.4) is 0 Å². The predicted octanol–water partition coefficient (Wildman–Crippen LogP) is 4.25. The molecule has 10 nitrogen and oxygen atoms in total. The second-order valence-corrected chi connectivity index (χ2v) is 12.4. The zero-order valence-electron chi connectivity index (χ0n) is 25.2. The number of ether oxygens (including phenoxy) is 4. The maximum Gasteiger partial charge on any atom is 0.338 e. The number of cyclic esters (lactones) is 2. The van der Waals surface area contributed by atoms with E-state index in [0.717, 1.165) is 36.1 Å². The first-order valence-electron chi connectivity index (χ1n) is 14.6. The van der Waals surface area contributed by atoms with Gasteiger partial charge in [-0.2, -0.15) is 0 Å². The first-order valence-corrected chi connectivity index (χ1v) is 14.6. The molecule has 1 aliphatic heterocycles. The van der Waals surface area contributed by atoms with Crippen LogP contribution in [0.2, 0.25) is 0 Å². The first kappa shape index (κ1) is 31.4. The van der Waals surface area contributed by atoms with Crippen molar-refractivity contribution < 1.29 is 47.7 Å². The lowest BCUT2D eigenvalue weighted by Gasteiger charge is -2.62. The summed E-state index contributed by atoms with van der Waals surface area (Å²) in [6.07, 6.45) is 9.46. The highest BCUT2D eigenvalue weighted by molar-refractivity contribution is 6.04. The quantitative estimate of drug-likeness (QED) is 0.262. The van der Waals surface area contributed by atoms with Gasteiger partial charge in [0.25, 0.3) is 0 Å². The zero-order chi connectivity index (χ0) is 31.0. The minimum Gasteiger partial charge on any atom is -0.462 e. The number of carbonyl (C=O) groups excluding carboxylic acids is 6. The van der Waals surface area contributed by atoms with E-state index >= 15 is 0 Å². The van der Waals surface area contributed by atoms with E-state index in [1.165, 1.54) is 13.8 Å². The second kappa shape index (κ2) is 11.6. The van der Waals surface area contributed by atoms with Crippen molar-refractivity contribution >= 4 is 35.6 Å². The summed E-state index contributed by atoms with van der Waals surface area (Å²) in [5.41, 5.74) is -0.203. The summed E-state index contributed by atoms with van der Waals surface area (Å²) in [5, 5.41) is 0. The van der Waals surface area contributed by atoms with Crippen LogP contribution in [0.15, 0.2) is 35.5 Å². The molecular weight excluding hydrogens is 544 g/mol. The lowest BCUT2D eigenvalue weighted by atomic mass is 9.46. The predicted molar refractivity (Wildman–Crippen MR) is 148 cm³/mol. The first-order chi connectivity index (χ1) is 19.7. The molecule has 0 radical (unpaired) electrons. The molecule has 0 aromatic heterocycles. The largest absolute Gasteiger partial charge is 0.462 e. The fraction of sp³-hybridized carbons (Fsp3) is 0.625. The van der Waals surface area contributed by atoms with E-state index in [-0.39, 0.29) is 29.7 Å². The molecule has 5 rings (SSSR count). The average Bonchev–Trinajstić information content (AvgIpc) is 3.45. The summed E-state index contributed by atoms with van der Waals surface area (Å²) >= 11 is 0. The number of carbonyl (C=O) groups is 6. The Balaban J connectivity index is 0.000000507. The van der Waals surface area contributed by atoms with Gasteiger partial charge in [0.2, 0.25) is 0 Å². The van der Waals surface area contributed by atoms with Crippen LogP contribution in [0.4, 0.5) is 0 Å². The summed E-state index contributed by atoms with van der Waals surface area (Å²) < 4.78 is 22.0. The molecule has 228 valence electrons. The van der Waals surface area contributed by atoms with Crippen LogP contribution in [0.25, 0.3) is 0 Å². The molecule has 3 fully saturated rings. The Morgan fingerprint density at radius 3 is 2.12 bits per heavy atom. The molecule has 0 saturated heterocycles. The molecule has 0 bridgehead atoms. The molecule has 2 unspecified atom stereocenters. The van der Waals surface area contributed by atoms with Gasteiger partial charge in [-0.15, -0.1) is 0 Å². The lowest BCUT2D eigenvalue weighted by Crippen LogP contribution is -2.68. The highest BCUT2D eigenvalue weighted by Crippen LogP contribution is 2.68. The summed E-state index contributed by atoms with van der Waals surface area (Å²) in [4.78, 5) is 69.5. The Morgan fingerprint density at radius 1 is 0.929 bits per heavy atom. The Morgan fingerprint density at radius 2 is 1.60 bits per heavy atom. The van der Waals surface area contributed by atoms with Crippen molar-refractivity contribution in [2.45, 2.75) is 104 Å². The third kappa shape index (κ3) is 5.36. The number of ketones is 1. The Kier molecular flexibility index (Phi) is 8.67. The van der Waals surface area contributed by atoms with Gasteiger partial charge in [0, 0.05) is 50.2 Å². The van der Waals surface area contributed by atoms with Crippen molar-refractivity contribution in [2.24, 2.45) is 22.7 Å². The van der Waals surface area contributed by atoms with Crippen LogP contribution < -0.4 is 0 Å².